The maximum Gasteiger partial charge on any atom is 0.152 e. The third-order valence-electron chi connectivity index (χ3n) is 2.67. The summed E-state index contributed by atoms with van der Waals surface area (Å²) in [6.45, 7) is 5.07. The van der Waals surface area contributed by atoms with Gasteiger partial charge in [-0.1, -0.05) is 20.3 Å². The van der Waals surface area contributed by atoms with Crippen LogP contribution in [0, 0.1) is 5.92 Å². The Bertz CT molecular complexity index is 165. The van der Waals surface area contributed by atoms with E-state index in [-0.39, 0.29) is 12.0 Å². The normalized spacial score (nSPS) is 26.2. The Balaban J connectivity index is 2.53. The van der Waals surface area contributed by atoms with Gasteiger partial charge in [-0.15, -0.1) is 0 Å². The Hall–Kier alpha value is -0.370. The lowest BCUT2D eigenvalue weighted by atomic mass is 9.93. The van der Waals surface area contributed by atoms with E-state index < -0.39 is 0 Å². The van der Waals surface area contributed by atoms with E-state index in [0.717, 1.165) is 13.0 Å². The summed E-state index contributed by atoms with van der Waals surface area (Å²) in [7, 11) is 2.06. The Kier molecular flexibility index (Phi) is 3.27. The molecular formula is C10H19NO. The van der Waals surface area contributed by atoms with Crippen LogP contribution in [0.4, 0.5) is 0 Å². The van der Waals surface area contributed by atoms with Gasteiger partial charge in [0.1, 0.15) is 0 Å². The summed E-state index contributed by atoms with van der Waals surface area (Å²) < 4.78 is 0. The topological polar surface area (TPSA) is 20.3 Å². The average Bonchev–Trinajstić information content (AvgIpc) is 2.04. The zero-order chi connectivity index (χ0) is 9.14. The van der Waals surface area contributed by atoms with Crippen LogP contribution in [0.3, 0.4) is 0 Å². The van der Waals surface area contributed by atoms with Crippen LogP contribution in [-0.4, -0.2) is 30.3 Å². The quantitative estimate of drug-likeness (QED) is 0.627. The molecule has 12 heavy (non-hydrogen) atoms. The molecule has 0 aromatic carbocycles. The standard InChI is InChI=1S/C10H19NO/c1-8(2)10(12)9-6-4-5-7-11(9)3/h8-9H,4-7H2,1-3H3. The Morgan fingerprint density at radius 1 is 1.42 bits per heavy atom. The molecule has 0 aromatic heterocycles. The highest BCUT2D eigenvalue weighted by Crippen LogP contribution is 2.18. The molecule has 70 valence electrons. The van der Waals surface area contributed by atoms with E-state index in [0.29, 0.717) is 5.78 Å². The number of carbonyl (C=O) groups is 1. The van der Waals surface area contributed by atoms with Crippen LogP contribution in [0.5, 0.6) is 0 Å². The van der Waals surface area contributed by atoms with Gasteiger partial charge in [-0.25, -0.2) is 0 Å². The number of Topliss-reactive ketones (excluding diaryl/α,β-unsaturated/α-hetero) is 1. The lowest BCUT2D eigenvalue weighted by molar-refractivity contribution is -0.127. The first-order valence-electron chi connectivity index (χ1n) is 4.87. The fourth-order valence-electron chi connectivity index (χ4n) is 1.82. The summed E-state index contributed by atoms with van der Waals surface area (Å²) in [5, 5.41) is 0. The second kappa shape index (κ2) is 4.04. The van der Waals surface area contributed by atoms with E-state index in [1.54, 1.807) is 0 Å². The van der Waals surface area contributed by atoms with Gasteiger partial charge in [0, 0.05) is 5.92 Å². The van der Waals surface area contributed by atoms with Gasteiger partial charge < -0.3 is 0 Å². The van der Waals surface area contributed by atoms with Crippen LogP contribution in [0.25, 0.3) is 0 Å². The molecule has 1 aliphatic rings. The minimum atomic E-state index is 0.190. The maximum absolute atomic E-state index is 11.7. The van der Waals surface area contributed by atoms with Crippen molar-refractivity contribution in [2.75, 3.05) is 13.6 Å². The van der Waals surface area contributed by atoms with Crippen LogP contribution in [-0.2, 0) is 4.79 Å². The van der Waals surface area contributed by atoms with E-state index in [4.69, 9.17) is 0 Å². The molecule has 1 aliphatic heterocycles. The first kappa shape index (κ1) is 9.72. The Labute approximate surface area is 74.9 Å². The van der Waals surface area contributed by atoms with Crippen molar-refractivity contribution in [1.82, 2.24) is 4.90 Å². The number of nitrogens with zero attached hydrogens (tertiary/aromatic N) is 1. The molecule has 1 fully saturated rings. The molecule has 1 heterocycles. The van der Waals surface area contributed by atoms with Gasteiger partial charge in [-0.05, 0) is 26.4 Å². The third kappa shape index (κ3) is 2.07. The molecule has 1 atom stereocenters. The minimum Gasteiger partial charge on any atom is -0.298 e. The van der Waals surface area contributed by atoms with Crippen molar-refractivity contribution < 1.29 is 4.79 Å². The largest absolute Gasteiger partial charge is 0.298 e. The van der Waals surface area contributed by atoms with Gasteiger partial charge in [-0.2, -0.15) is 0 Å². The smallest absolute Gasteiger partial charge is 0.152 e. The number of likely N-dealkylation sites (N-methyl/N-ethyl adjacent to an activating group) is 1. The number of carbonyl (C=O) groups excluding carboxylic acids is 1. The molecule has 2 nitrogen and oxygen atoms in total. The molecular weight excluding hydrogens is 150 g/mol. The molecule has 0 saturated carbocycles. The van der Waals surface area contributed by atoms with Gasteiger partial charge >= 0.3 is 0 Å². The van der Waals surface area contributed by atoms with Crippen LogP contribution < -0.4 is 0 Å². The summed E-state index contributed by atoms with van der Waals surface area (Å²) in [4.78, 5) is 13.9. The number of hydrogen-bond acceptors (Lipinski definition) is 2. The monoisotopic (exact) mass is 169 g/mol. The van der Waals surface area contributed by atoms with Crippen LogP contribution in [0.1, 0.15) is 33.1 Å². The van der Waals surface area contributed by atoms with Gasteiger partial charge in [0.2, 0.25) is 0 Å². The summed E-state index contributed by atoms with van der Waals surface area (Å²) in [6, 6.07) is 0.207. The van der Waals surface area contributed by atoms with Crippen molar-refractivity contribution in [2.24, 2.45) is 5.92 Å². The molecule has 2 heteroatoms. The first-order chi connectivity index (χ1) is 5.63. The Morgan fingerprint density at radius 2 is 2.08 bits per heavy atom. The van der Waals surface area contributed by atoms with E-state index >= 15 is 0 Å². The molecule has 1 rings (SSSR count). The fourth-order valence-corrected chi connectivity index (χ4v) is 1.82. The second-order valence-corrected chi connectivity index (χ2v) is 4.05. The zero-order valence-electron chi connectivity index (χ0n) is 8.34. The molecule has 0 amide bonds. The van der Waals surface area contributed by atoms with E-state index in [1.807, 2.05) is 13.8 Å². The molecule has 0 spiro atoms. The molecule has 1 saturated heterocycles. The van der Waals surface area contributed by atoms with Gasteiger partial charge in [0.05, 0.1) is 6.04 Å². The zero-order valence-corrected chi connectivity index (χ0v) is 8.34. The highest BCUT2D eigenvalue weighted by atomic mass is 16.1. The molecule has 0 N–H and O–H groups in total. The summed E-state index contributed by atoms with van der Waals surface area (Å²) in [5.41, 5.74) is 0. The van der Waals surface area contributed by atoms with Crippen molar-refractivity contribution in [3.8, 4) is 0 Å². The summed E-state index contributed by atoms with van der Waals surface area (Å²) in [6.07, 6.45) is 3.53. The number of piperidine rings is 1. The SMILES string of the molecule is CC(C)C(=O)C1CCCCN1C. The predicted molar refractivity (Wildman–Crippen MR) is 50.1 cm³/mol. The van der Waals surface area contributed by atoms with Crippen molar-refractivity contribution in [2.45, 2.75) is 39.2 Å². The molecule has 1 unspecified atom stereocenters. The van der Waals surface area contributed by atoms with Crippen molar-refractivity contribution in [3.63, 3.8) is 0 Å². The summed E-state index contributed by atoms with van der Waals surface area (Å²) in [5.74, 6) is 0.604. The highest BCUT2D eigenvalue weighted by Gasteiger charge is 2.26. The Morgan fingerprint density at radius 3 is 2.58 bits per heavy atom. The van der Waals surface area contributed by atoms with Crippen LogP contribution >= 0.6 is 0 Å². The van der Waals surface area contributed by atoms with E-state index in [1.165, 1.54) is 12.8 Å². The van der Waals surface area contributed by atoms with Crippen molar-refractivity contribution >= 4 is 5.78 Å². The van der Waals surface area contributed by atoms with E-state index in [2.05, 4.69) is 11.9 Å². The van der Waals surface area contributed by atoms with Crippen molar-refractivity contribution in [3.05, 3.63) is 0 Å². The molecule has 0 radical (unpaired) electrons. The average molecular weight is 169 g/mol. The van der Waals surface area contributed by atoms with Gasteiger partial charge in [-0.3, -0.25) is 9.69 Å². The number of rotatable bonds is 2. The predicted octanol–water partition coefficient (Wildman–Crippen LogP) is 1.70. The van der Waals surface area contributed by atoms with Crippen LogP contribution in [0.15, 0.2) is 0 Å². The molecule has 0 aromatic rings. The summed E-state index contributed by atoms with van der Waals surface area (Å²) >= 11 is 0. The second-order valence-electron chi connectivity index (χ2n) is 4.05. The fraction of sp³-hybridized carbons (Fsp3) is 0.900. The molecule has 0 bridgehead atoms. The number of ketones is 1. The lowest BCUT2D eigenvalue weighted by Gasteiger charge is -2.32. The first-order valence-corrected chi connectivity index (χ1v) is 4.87. The minimum absolute atomic E-state index is 0.190. The third-order valence-corrected chi connectivity index (χ3v) is 2.67. The maximum atomic E-state index is 11.7. The van der Waals surface area contributed by atoms with Crippen molar-refractivity contribution in [1.29, 1.82) is 0 Å². The van der Waals surface area contributed by atoms with Gasteiger partial charge in [0.15, 0.2) is 5.78 Å². The van der Waals surface area contributed by atoms with E-state index in [9.17, 15) is 4.79 Å². The lowest BCUT2D eigenvalue weighted by Crippen LogP contribution is -2.43. The number of likely N-dealkylation sites (tertiary alicyclic amines) is 1. The van der Waals surface area contributed by atoms with Crippen LogP contribution in [0.2, 0.25) is 0 Å². The number of hydrogen-bond donors (Lipinski definition) is 0. The highest BCUT2D eigenvalue weighted by molar-refractivity contribution is 5.85. The molecule has 0 aliphatic carbocycles. The van der Waals surface area contributed by atoms with Gasteiger partial charge in [0.25, 0.3) is 0 Å².